The zero-order valence-corrected chi connectivity index (χ0v) is 11.9. The Morgan fingerprint density at radius 2 is 2.21 bits per heavy atom. The molecule has 0 bridgehead atoms. The fourth-order valence-corrected chi connectivity index (χ4v) is 2.57. The van der Waals surface area contributed by atoms with Gasteiger partial charge in [0.25, 0.3) is 0 Å². The van der Waals surface area contributed by atoms with Gasteiger partial charge < -0.3 is 15.5 Å². The number of carbonyl (C=O) groups excluding carboxylic acids is 1. The van der Waals surface area contributed by atoms with E-state index < -0.39 is 0 Å². The first-order chi connectivity index (χ1) is 9.13. The Hall–Kier alpha value is -1.33. The monoisotopic (exact) mass is 282 g/mol. The average molecular weight is 283 g/mol. The summed E-state index contributed by atoms with van der Waals surface area (Å²) >= 11 is 6.24. The SMILES string of the molecule is CN(CC(=O)N1CCCC1)c1nccc(CN)c1Cl. The lowest BCUT2D eigenvalue weighted by Crippen LogP contribution is -2.37. The summed E-state index contributed by atoms with van der Waals surface area (Å²) in [5.74, 6) is 0.730. The lowest BCUT2D eigenvalue weighted by Gasteiger charge is -2.23. The summed E-state index contributed by atoms with van der Waals surface area (Å²) in [5, 5.41) is 0.529. The van der Waals surface area contributed by atoms with Gasteiger partial charge in [-0.05, 0) is 24.5 Å². The van der Waals surface area contributed by atoms with Crippen molar-refractivity contribution in [3.8, 4) is 0 Å². The highest BCUT2D eigenvalue weighted by Gasteiger charge is 2.20. The van der Waals surface area contributed by atoms with Crippen LogP contribution in [0.3, 0.4) is 0 Å². The molecule has 6 heteroatoms. The van der Waals surface area contributed by atoms with Gasteiger partial charge in [-0.2, -0.15) is 0 Å². The summed E-state index contributed by atoms with van der Waals surface area (Å²) in [7, 11) is 1.82. The van der Waals surface area contributed by atoms with E-state index in [1.807, 2.05) is 11.9 Å². The largest absolute Gasteiger partial charge is 0.349 e. The van der Waals surface area contributed by atoms with Crippen LogP contribution < -0.4 is 10.6 Å². The Kier molecular flexibility index (Phi) is 4.61. The third-order valence-corrected chi connectivity index (χ3v) is 3.78. The van der Waals surface area contributed by atoms with Crippen LogP contribution in [0.25, 0.3) is 0 Å². The standard InChI is InChI=1S/C13H19ClN4O/c1-17(9-11(19)18-6-2-3-7-18)13-12(14)10(8-15)4-5-16-13/h4-5H,2-3,6-9,15H2,1H3. The van der Waals surface area contributed by atoms with Gasteiger partial charge in [-0.1, -0.05) is 11.6 Å². The molecule has 0 radical (unpaired) electrons. The van der Waals surface area contributed by atoms with Crippen LogP contribution >= 0.6 is 11.6 Å². The zero-order valence-electron chi connectivity index (χ0n) is 11.1. The van der Waals surface area contributed by atoms with E-state index in [9.17, 15) is 4.79 Å². The summed E-state index contributed by atoms with van der Waals surface area (Å²) in [6, 6.07) is 1.79. The normalized spacial score (nSPS) is 14.8. The molecule has 0 atom stereocenters. The molecule has 1 fully saturated rings. The maximum Gasteiger partial charge on any atom is 0.242 e. The van der Waals surface area contributed by atoms with E-state index in [0.717, 1.165) is 31.5 Å². The third kappa shape index (κ3) is 3.16. The van der Waals surface area contributed by atoms with Crippen LogP contribution in [0.15, 0.2) is 12.3 Å². The molecule has 0 spiro atoms. The van der Waals surface area contributed by atoms with Gasteiger partial charge in [0.1, 0.15) is 5.82 Å². The highest BCUT2D eigenvalue weighted by Crippen LogP contribution is 2.25. The molecule has 1 saturated heterocycles. The molecule has 1 aromatic heterocycles. The van der Waals surface area contributed by atoms with Crippen molar-refractivity contribution in [1.82, 2.24) is 9.88 Å². The minimum Gasteiger partial charge on any atom is -0.349 e. The highest BCUT2D eigenvalue weighted by molar-refractivity contribution is 6.33. The van der Waals surface area contributed by atoms with Crippen LogP contribution in [-0.2, 0) is 11.3 Å². The van der Waals surface area contributed by atoms with Gasteiger partial charge in [0.2, 0.25) is 5.91 Å². The maximum atomic E-state index is 12.1. The Bertz CT molecular complexity index is 460. The molecule has 1 aliphatic heterocycles. The molecule has 104 valence electrons. The number of likely N-dealkylation sites (N-methyl/N-ethyl adjacent to an activating group) is 1. The number of aromatic nitrogens is 1. The lowest BCUT2D eigenvalue weighted by atomic mass is 10.2. The first-order valence-corrected chi connectivity index (χ1v) is 6.83. The highest BCUT2D eigenvalue weighted by atomic mass is 35.5. The first-order valence-electron chi connectivity index (χ1n) is 6.46. The molecule has 2 heterocycles. The molecular weight excluding hydrogens is 264 g/mol. The van der Waals surface area contributed by atoms with Gasteiger partial charge >= 0.3 is 0 Å². The van der Waals surface area contributed by atoms with Crippen molar-refractivity contribution in [3.63, 3.8) is 0 Å². The van der Waals surface area contributed by atoms with E-state index in [1.54, 1.807) is 17.2 Å². The average Bonchev–Trinajstić information content (AvgIpc) is 2.92. The molecule has 2 N–H and O–H groups in total. The van der Waals surface area contributed by atoms with E-state index in [4.69, 9.17) is 17.3 Å². The van der Waals surface area contributed by atoms with Gasteiger partial charge in [0.05, 0.1) is 11.6 Å². The van der Waals surface area contributed by atoms with Crippen molar-refractivity contribution < 1.29 is 4.79 Å². The Morgan fingerprint density at radius 3 is 2.84 bits per heavy atom. The van der Waals surface area contributed by atoms with Crippen molar-refractivity contribution in [2.24, 2.45) is 5.73 Å². The van der Waals surface area contributed by atoms with Crippen molar-refractivity contribution in [2.45, 2.75) is 19.4 Å². The number of hydrogen-bond acceptors (Lipinski definition) is 4. The summed E-state index contributed by atoms with van der Waals surface area (Å²) < 4.78 is 0. The Morgan fingerprint density at radius 1 is 1.53 bits per heavy atom. The quantitative estimate of drug-likeness (QED) is 0.903. The van der Waals surface area contributed by atoms with E-state index in [-0.39, 0.29) is 5.91 Å². The number of pyridine rings is 1. The number of carbonyl (C=O) groups is 1. The van der Waals surface area contributed by atoms with Gasteiger partial charge in [0, 0.05) is 32.9 Å². The topological polar surface area (TPSA) is 62.5 Å². The lowest BCUT2D eigenvalue weighted by molar-refractivity contribution is -0.128. The summed E-state index contributed by atoms with van der Waals surface area (Å²) in [6.45, 7) is 2.37. The van der Waals surface area contributed by atoms with Gasteiger partial charge in [-0.15, -0.1) is 0 Å². The molecule has 1 aromatic rings. The van der Waals surface area contributed by atoms with E-state index in [1.165, 1.54) is 0 Å². The Balaban J connectivity index is 2.07. The van der Waals surface area contributed by atoms with Crippen LogP contribution in [0, 0.1) is 0 Å². The Labute approximate surface area is 118 Å². The minimum absolute atomic E-state index is 0.121. The number of likely N-dealkylation sites (tertiary alicyclic amines) is 1. The number of rotatable bonds is 4. The van der Waals surface area contributed by atoms with Gasteiger partial charge in [-0.25, -0.2) is 4.98 Å². The fourth-order valence-electron chi connectivity index (χ4n) is 2.24. The molecule has 0 aliphatic carbocycles. The van der Waals surface area contributed by atoms with Crippen molar-refractivity contribution in [2.75, 3.05) is 31.6 Å². The number of hydrogen-bond donors (Lipinski definition) is 1. The van der Waals surface area contributed by atoms with Crippen LogP contribution in [0.1, 0.15) is 18.4 Å². The smallest absolute Gasteiger partial charge is 0.242 e. The molecular formula is C13H19ClN4O. The second kappa shape index (κ2) is 6.21. The number of nitrogens with two attached hydrogens (primary N) is 1. The first kappa shape index (κ1) is 14.1. The maximum absolute atomic E-state index is 12.1. The van der Waals surface area contributed by atoms with Crippen molar-refractivity contribution in [1.29, 1.82) is 0 Å². The molecule has 1 amide bonds. The molecule has 2 rings (SSSR count). The van der Waals surface area contributed by atoms with E-state index in [0.29, 0.717) is 23.9 Å². The number of anilines is 1. The summed E-state index contributed by atoms with van der Waals surface area (Å²) in [6.07, 6.45) is 3.86. The van der Waals surface area contributed by atoms with Crippen LogP contribution in [-0.4, -0.2) is 42.5 Å². The second-order valence-corrected chi connectivity index (χ2v) is 5.13. The zero-order chi connectivity index (χ0) is 13.8. The predicted molar refractivity (Wildman–Crippen MR) is 76.2 cm³/mol. The fraction of sp³-hybridized carbons (Fsp3) is 0.538. The third-order valence-electron chi connectivity index (χ3n) is 3.36. The van der Waals surface area contributed by atoms with Crippen LogP contribution in [0.2, 0.25) is 5.02 Å². The van der Waals surface area contributed by atoms with Crippen LogP contribution in [0.4, 0.5) is 5.82 Å². The van der Waals surface area contributed by atoms with E-state index >= 15 is 0 Å². The number of nitrogens with zero attached hydrogens (tertiary/aromatic N) is 3. The van der Waals surface area contributed by atoms with E-state index in [2.05, 4.69) is 4.98 Å². The molecule has 0 aromatic carbocycles. The van der Waals surface area contributed by atoms with Crippen molar-refractivity contribution in [3.05, 3.63) is 22.8 Å². The van der Waals surface area contributed by atoms with Gasteiger partial charge in [-0.3, -0.25) is 4.79 Å². The second-order valence-electron chi connectivity index (χ2n) is 4.76. The minimum atomic E-state index is 0.121. The van der Waals surface area contributed by atoms with Gasteiger partial charge in [0.15, 0.2) is 0 Å². The molecule has 0 unspecified atom stereocenters. The number of amides is 1. The van der Waals surface area contributed by atoms with Crippen molar-refractivity contribution >= 4 is 23.3 Å². The predicted octanol–water partition coefficient (Wildman–Crippen LogP) is 1.25. The summed E-state index contributed by atoms with van der Waals surface area (Å²) in [5.41, 5.74) is 6.45. The summed E-state index contributed by atoms with van der Waals surface area (Å²) in [4.78, 5) is 20.0. The molecule has 19 heavy (non-hydrogen) atoms. The molecule has 1 aliphatic rings. The van der Waals surface area contributed by atoms with Crippen LogP contribution in [0.5, 0.6) is 0 Å². The molecule has 5 nitrogen and oxygen atoms in total. The number of halogens is 1. The molecule has 0 saturated carbocycles.